The lowest BCUT2D eigenvalue weighted by molar-refractivity contribution is 0.120. The van der Waals surface area contributed by atoms with Crippen LogP contribution in [0.4, 0.5) is 0 Å². The second-order valence-electron chi connectivity index (χ2n) is 5.18. The van der Waals surface area contributed by atoms with Crippen LogP contribution in [0.1, 0.15) is 11.1 Å². The summed E-state index contributed by atoms with van der Waals surface area (Å²) in [6, 6.07) is 14.9. The van der Waals surface area contributed by atoms with Crippen molar-refractivity contribution in [3.8, 4) is 11.5 Å². The van der Waals surface area contributed by atoms with Crippen molar-refractivity contribution in [2.24, 2.45) is 32.9 Å². The number of hydrogen-bond donors (Lipinski definition) is 4. The van der Waals surface area contributed by atoms with E-state index in [0.29, 0.717) is 24.6 Å². The zero-order valence-electron chi connectivity index (χ0n) is 14.6. The summed E-state index contributed by atoms with van der Waals surface area (Å²) in [5.41, 5.74) is 23.2. The van der Waals surface area contributed by atoms with Crippen LogP contribution in [0.5, 0.6) is 11.5 Å². The van der Waals surface area contributed by atoms with E-state index in [9.17, 15) is 0 Å². The van der Waals surface area contributed by atoms with Gasteiger partial charge in [-0.3, -0.25) is 0 Å². The number of nitrogens with zero attached hydrogens (tertiary/aromatic N) is 2. The van der Waals surface area contributed by atoms with Gasteiger partial charge in [-0.15, -0.1) is 24.8 Å². The molecule has 0 spiro atoms. The number of halogens is 2. The van der Waals surface area contributed by atoms with Crippen molar-refractivity contribution in [1.29, 1.82) is 0 Å². The molecule has 0 aliphatic rings. The number of ether oxygens (including phenoxy) is 2. The Balaban J connectivity index is 0.00000338. The Morgan fingerprint density at radius 2 is 0.963 bits per heavy atom. The van der Waals surface area contributed by atoms with Crippen molar-refractivity contribution < 1.29 is 9.47 Å². The fraction of sp³-hybridized carbons (Fsp3) is 0.176. The molecule has 27 heavy (non-hydrogen) atoms. The summed E-state index contributed by atoms with van der Waals surface area (Å²) >= 11 is 0. The predicted octanol–water partition coefficient (Wildman–Crippen LogP) is 1.49. The molecule has 8 N–H and O–H groups in total. The molecule has 0 aliphatic carbocycles. The molecule has 0 saturated carbocycles. The van der Waals surface area contributed by atoms with Gasteiger partial charge < -0.3 is 32.4 Å². The number of aliphatic imine (C=N–C) groups is 2. The molecule has 0 saturated heterocycles. The Hall–Kier alpha value is -2.84. The van der Waals surface area contributed by atoms with Crippen molar-refractivity contribution in [2.45, 2.75) is 13.1 Å². The maximum absolute atomic E-state index is 5.54. The topological polar surface area (TPSA) is 147 Å². The minimum atomic E-state index is 0. The molecule has 0 fully saturated rings. The monoisotopic (exact) mass is 414 g/mol. The first-order chi connectivity index (χ1) is 12.0. The van der Waals surface area contributed by atoms with Crippen LogP contribution in [0.3, 0.4) is 0 Å². The lowest BCUT2D eigenvalue weighted by Crippen LogP contribution is -2.22. The lowest BCUT2D eigenvalue weighted by Gasteiger charge is -2.09. The molecule has 0 aromatic heterocycles. The predicted molar refractivity (Wildman–Crippen MR) is 113 cm³/mol. The van der Waals surface area contributed by atoms with Crippen LogP contribution >= 0.6 is 24.8 Å². The molecule has 0 aliphatic heterocycles. The van der Waals surface area contributed by atoms with Crippen molar-refractivity contribution in [1.82, 2.24) is 0 Å². The van der Waals surface area contributed by atoms with Crippen LogP contribution in [0.25, 0.3) is 0 Å². The third kappa shape index (κ3) is 9.43. The largest absolute Gasteiger partial charge is 0.458 e. The third-order valence-electron chi connectivity index (χ3n) is 3.19. The van der Waals surface area contributed by atoms with Gasteiger partial charge in [0, 0.05) is 0 Å². The summed E-state index contributed by atoms with van der Waals surface area (Å²) in [5, 5.41) is 0. The van der Waals surface area contributed by atoms with E-state index in [-0.39, 0.29) is 43.5 Å². The van der Waals surface area contributed by atoms with Gasteiger partial charge in [0.05, 0.1) is 13.1 Å². The Bertz CT molecular complexity index is 665. The van der Waals surface area contributed by atoms with Gasteiger partial charge >= 0.3 is 0 Å². The molecule has 10 heteroatoms. The van der Waals surface area contributed by atoms with E-state index >= 15 is 0 Å². The Morgan fingerprint density at radius 3 is 1.26 bits per heavy atom. The van der Waals surface area contributed by atoms with E-state index in [1.54, 1.807) is 0 Å². The molecule has 0 amide bonds. The van der Waals surface area contributed by atoms with Gasteiger partial charge in [-0.05, 0) is 35.4 Å². The smallest absolute Gasteiger partial charge is 0.230 e. The normalized spacial score (nSPS) is 9.19. The zero-order valence-corrected chi connectivity index (χ0v) is 16.2. The van der Waals surface area contributed by atoms with E-state index < -0.39 is 0 Å². The number of rotatable bonds is 8. The lowest BCUT2D eigenvalue weighted by atomic mass is 10.2. The summed E-state index contributed by atoms with van der Waals surface area (Å²) in [7, 11) is 0. The summed E-state index contributed by atoms with van der Waals surface area (Å²) in [6.45, 7) is 0.969. The number of benzene rings is 2. The van der Waals surface area contributed by atoms with Gasteiger partial charge in [0.25, 0.3) is 0 Å². The summed E-state index contributed by atoms with van der Waals surface area (Å²) in [5.74, 6) is 1.52. The zero-order chi connectivity index (χ0) is 18.1. The highest BCUT2D eigenvalue weighted by Gasteiger charge is 1.98. The number of guanidine groups is 2. The average Bonchev–Trinajstić information content (AvgIpc) is 2.60. The summed E-state index contributed by atoms with van der Waals surface area (Å²) < 4.78 is 11.1. The van der Waals surface area contributed by atoms with Crippen molar-refractivity contribution >= 4 is 36.7 Å². The van der Waals surface area contributed by atoms with Crippen LogP contribution in [0.15, 0.2) is 58.5 Å². The first-order valence-electron chi connectivity index (χ1n) is 7.57. The van der Waals surface area contributed by atoms with Crippen LogP contribution in [-0.2, 0) is 13.1 Å². The van der Waals surface area contributed by atoms with Crippen molar-refractivity contribution in [2.75, 3.05) is 6.79 Å². The first-order valence-corrected chi connectivity index (χ1v) is 7.57. The van der Waals surface area contributed by atoms with Gasteiger partial charge in [-0.2, -0.15) is 0 Å². The number of nitrogens with two attached hydrogens (primary N) is 4. The molecule has 2 aromatic rings. The minimum absolute atomic E-state index is 0. The van der Waals surface area contributed by atoms with Gasteiger partial charge in [0.2, 0.25) is 6.79 Å². The molecule has 8 nitrogen and oxygen atoms in total. The van der Waals surface area contributed by atoms with Crippen molar-refractivity contribution in [3.63, 3.8) is 0 Å². The van der Waals surface area contributed by atoms with E-state index in [0.717, 1.165) is 11.1 Å². The second kappa shape index (κ2) is 12.5. The third-order valence-corrected chi connectivity index (χ3v) is 3.19. The highest BCUT2D eigenvalue weighted by atomic mass is 35.5. The molecule has 0 unspecified atom stereocenters. The fourth-order valence-electron chi connectivity index (χ4n) is 1.91. The number of hydrogen-bond acceptors (Lipinski definition) is 4. The highest BCUT2D eigenvalue weighted by molar-refractivity contribution is 5.85. The highest BCUT2D eigenvalue weighted by Crippen LogP contribution is 2.15. The van der Waals surface area contributed by atoms with Crippen LogP contribution in [0.2, 0.25) is 0 Å². The second-order valence-corrected chi connectivity index (χ2v) is 5.18. The molecule has 2 aromatic carbocycles. The molecule has 148 valence electrons. The SMILES string of the molecule is Cl.Cl.NC(N)=NCc1ccc(OCOc2ccc(CN=C(N)N)cc2)cc1. The maximum atomic E-state index is 5.54. The molecule has 0 radical (unpaired) electrons. The summed E-state index contributed by atoms with van der Waals surface area (Å²) in [4.78, 5) is 7.88. The van der Waals surface area contributed by atoms with Gasteiger partial charge in [-0.25, -0.2) is 9.98 Å². The van der Waals surface area contributed by atoms with Crippen molar-refractivity contribution in [3.05, 3.63) is 59.7 Å². The van der Waals surface area contributed by atoms with E-state index in [1.165, 1.54) is 0 Å². The summed E-state index contributed by atoms with van der Waals surface area (Å²) in [6.07, 6.45) is 0. The fourth-order valence-corrected chi connectivity index (χ4v) is 1.91. The molecular weight excluding hydrogens is 391 g/mol. The van der Waals surface area contributed by atoms with Crippen LogP contribution in [0, 0.1) is 0 Å². The molecule has 0 heterocycles. The Morgan fingerprint density at radius 1 is 0.630 bits per heavy atom. The van der Waals surface area contributed by atoms with Gasteiger partial charge in [0.15, 0.2) is 11.9 Å². The molecule has 0 atom stereocenters. The quantitative estimate of drug-likeness (QED) is 0.292. The van der Waals surface area contributed by atoms with Gasteiger partial charge in [-0.1, -0.05) is 24.3 Å². The van der Waals surface area contributed by atoms with Crippen LogP contribution < -0.4 is 32.4 Å². The molecule has 0 bridgehead atoms. The molecule has 2 rings (SSSR count). The van der Waals surface area contributed by atoms with Gasteiger partial charge in [0.1, 0.15) is 11.5 Å². The minimum Gasteiger partial charge on any atom is -0.458 e. The Labute approximate surface area is 170 Å². The average molecular weight is 415 g/mol. The van der Waals surface area contributed by atoms with E-state index in [4.69, 9.17) is 32.4 Å². The van der Waals surface area contributed by atoms with E-state index in [1.807, 2.05) is 48.5 Å². The van der Waals surface area contributed by atoms with E-state index in [2.05, 4.69) is 9.98 Å². The molecular formula is C17H24Cl2N6O2. The van der Waals surface area contributed by atoms with Crippen LogP contribution in [-0.4, -0.2) is 18.7 Å². The Kier molecular flexibility index (Phi) is 11.2. The maximum Gasteiger partial charge on any atom is 0.230 e. The standard InChI is InChI=1S/C17H22N6O2.2ClH/c18-16(19)22-9-12-1-5-14(6-2-12)24-11-25-15-7-3-13(4-8-15)10-23-17(20)21;;/h1-8H,9-11H2,(H4,18,19,22)(H4,20,21,23);2*1H. The first kappa shape index (κ1) is 24.2.